The van der Waals surface area contributed by atoms with Crippen molar-refractivity contribution in [2.45, 2.75) is 70.4 Å². The Bertz CT molecular complexity index is 253. The van der Waals surface area contributed by atoms with E-state index in [1.54, 1.807) is 0 Å². The fraction of sp³-hybridized carbons (Fsp3) is 1.00. The lowest BCUT2D eigenvalue weighted by Crippen LogP contribution is -2.46. The predicted molar refractivity (Wildman–Crippen MR) is 85.0 cm³/mol. The summed E-state index contributed by atoms with van der Waals surface area (Å²) < 4.78 is 6.18. The highest BCUT2D eigenvalue weighted by molar-refractivity contribution is 7.99. The highest BCUT2D eigenvalue weighted by atomic mass is 32.2. The van der Waals surface area contributed by atoms with E-state index in [1.807, 2.05) is 0 Å². The fourth-order valence-corrected chi connectivity index (χ4v) is 4.85. The van der Waals surface area contributed by atoms with Crippen molar-refractivity contribution in [3.63, 3.8) is 0 Å². The van der Waals surface area contributed by atoms with Crippen molar-refractivity contribution in [3.05, 3.63) is 0 Å². The lowest BCUT2D eigenvalue weighted by Gasteiger charge is -2.41. The van der Waals surface area contributed by atoms with Crippen molar-refractivity contribution >= 4 is 11.8 Å². The van der Waals surface area contributed by atoms with Gasteiger partial charge in [-0.3, -0.25) is 0 Å². The quantitative estimate of drug-likeness (QED) is 0.718. The van der Waals surface area contributed by atoms with E-state index >= 15 is 0 Å². The van der Waals surface area contributed by atoms with Gasteiger partial charge in [0.1, 0.15) is 0 Å². The molecule has 3 heteroatoms. The van der Waals surface area contributed by atoms with E-state index in [0.29, 0.717) is 6.04 Å². The number of hydrogen-bond donors (Lipinski definition) is 1. The molecule has 1 saturated heterocycles. The van der Waals surface area contributed by atoms with Crippen LogP contribution < -0.4 is 5.32 Å². The summed E-state index contributed by atoms with van der Waals surface area (Å²) in [6.07, 6.45) is 9.23. The van der Waals surface area contributed by atoms with E-state index in [1.165, 1.54) is 56.5 Å². The summed E-state index contributed by atoms with van der Waals surface area (Å²) in [7, 11) is 0. The predicted octanol–water partition coefficient (Wildman–Crippen LogP) is 3.85. The summed E-state index contributed by atoms with van der Waals surface area (Å²) in [5.74, 6) is 3.41. The molecule has 0 radical (unpaired) electrons. The Balaban J connectivity index is 1.88. The van der Waals surface area contributed by atoms with Crippen LogP contribution in [0.3, 0.4) is 0 Å². The van der Waals surface area contributed by atoms with Crippen molar-refractivity contribution in [3.8, 4) is 0 Å². The van der Waals surface area contributed by atoms with E-state index in [0.717, 1.165) is 19.1 Å². The van der Waals surface area contributed by atoms with Gasteiger partial charge >= 0.3 is 0 Å². The van der Waals surface area contributed by atoms with Crippen molar-refractivity contribution < 1.29 is 4.74 Å². The van der Waals surface area contributed by atoms with Gasteiger partial charge in [-0.15, -0.1) is 0 Å². The van der Waals surface area contributed by atoms with E-state index in [-0.39, 0.29) is 5.60 Å². The Morgan fingerprint density at radius 1 is 1.32 bits per heavy atom. The zero-order valence-corrected chi connectivity index (χ0v) is 13.6. The average Bonchev–Trinajstić information content (AvgIpc) is 2.86. The van der Waals surface area contributed by atoms with E-state index in [4.69, 9.17) is 4.74 Å². The number of hydrogen-bond acceptors (Lipinski definition) is 3. The molecule has 0 amide bonds. The molecule has 2 atom stereocenters. The molecule has 2 nitrogen and oxygen atoms in total. The highest BCUT2D eigenvalue weighted by Crippen LogP contribution is 2.43. The smallest absolute Gasteiger partial charge is 0.0685 e. The largest absolute Gasteiger partial charge is 0.375 e. The first kappa shape index (κ1) is 15.7. The van der Waals surface area contributed by atoms with Crippen LogP contribution >= 0.6 is 11.8 Å². The Labute approximate surface area is 123 Å². The molecule has 0 bridgehead atoms. The molecule has 2 aliphatic rings. The van der Waals surface area contributed by atoms with Crippen molar-refractivity contribution in [1.82, 2.24) is 5.32 Å². The molecular weight excluding hydrogens is 254 g/mol. The molecule has 1 heterocycles. The zero-order valence-electron chi connectivity index (χ0n) is 12.7. The van der Waals surface area contributed by atoms with Gasteiger partial charge in [0.25, 0.3) is 0 Å². The third-order valence-corrected chi connectivity index (χ3v) is 6.02. The van der Waals surface area contributed by atoms with Crippen molar-refractivity contribution in [1.29, 1.82) is 0 Å². The molecule has 1 spiro atoms. The Kier molecular flexibility index (Phi) is 6.51. The summed E-state index contributed by atoms with van der Waals surface area (Å²) in [6, 6.07) is 0.697. The third kappa shape index (κ3) is 4.37. The number of thioether (sulfide) groups is 1. The molecule has 1 aliphatic heterocycles. The summed E-state index contributed by atoms with van der Waals surface area (Å²) in [4.78, 5) is 0. The molecule has 0 aromatic heterocycles. The number of nitrogens with one attached hydrogen (secondary N) is 1. The Hall–Kier alpha value is 0.270. The van der Waals surface area contributed by atoms with Gasteiger partial charge < -0.3 is 10.1 Å². The molecule has 19 heavy (non-hydrogen) atoms. The second-order valence-electron chi connectivity index (χ2n) is 6.23. The van der Waals surface area contributed by atoms with Gasteiger partial charge in [-0.25, -0.2) is 0 Å². The van der Waals surface area contributed by atoms with Gasteiger partial charge in [0.05, 0.1) is 5.60 Å². The zero-order chi connectivity index (χ0) is 13.6. The fourth-order valence-electron chi connectivity index (χ4n) is 3.76. The molecule has 1 saturated carbocycles. The van der Waals surface area contributed by atoms with Crippen LogP contribution in [0.5, 0.6) is 0 Å². The van der Waals surface area contributed by atoms with Crippen LogP contribution in [0.2, 0.25) is 0 Å². The summed E-state index contributed by atoms with van der Waals surface area (Å²) in [5.41, 5.74) is 0.270. The van der Waals surface area contributed by atoms with Crippen LogP contribution in [0.4, 0.5) is 0 Å². The van der Waals surface area contributed by atoms with Gasteiger partial charge in [0.2, 0.25) is 0 Å². The van der Waals surface area contributed by atoms with E-state index in [9.17, 15) is 0 Å². The van der Waals surface area contributed by atoms with Crippen molar-refractivity contribution in [2.24, 2.45) is 5.92 Å². The maximum atomic E-state index is 6.18. The van der Waals surface area contributed by atoms with E-state index < -0.39 is 0 Å². The SMILES string of the molecule is CCCSCC(NCC)C1CCOC2(CCCC2)C1. The molecule has 1 N–H and O–H groups in total. The van der Waals surface area contributed by atoms with Gasteiger partial charge in [0.15, 0.2) is 0 Å². The lowest BCUT2D eigenvalue weighted by atomic mass is 9.81. The topological polar surface area (TPSA) is 21.3 Å². The van der Waals surface area contributed by atoms with Gasteiger partial charge in [-0.2, -0.15) is 11.8 Å². The maximum absolute atomic E-state index is 6.18. The normalized spacial score (nSPS) is 27.8. The van der Waals surface area contributed by atoms with Crippen LogP contribution in [-0.4, -0.2) is 36.3 Å². The van der Waals surface area contributed by atoms with E-state index in [2.05, 4.69) is 30.9 Å². The molecule has 2 fully saturated rings. The molecule has 0 aromatic carbocycles. The minimum absolute atomic E-state index is 0.270. The molecule has 2 unspecified atom stereocenters. The highest BCUT2D eigenvalue weighted by Gasteiger charge is 2.41. The van der Waals surface area contributed by atoms with Crippen LogP contribution in [0.25, 0.3) is 0 Å². The minimum atomic E-state index is 0.270. The molecular formula is C16H31NOS. The molecule has 2 rings (SSSR count). The molecule has 0 aromatic rings. The first-order valence-corrected chi connectivity index (χ1v) is 9.40. The number of ether oxygens (including phenoxy) is 1. The Morgan fingerprint density at radius 3 is 2.79 bits per heavy atom. The molecule has 112 valence electrons. The van der Waals surface area contributed by atoms with Crippen molar-refractivity contribution in [2.75, 3.05) is 24.7 Å². The first-order valence-electron chi connectivity index (χ1n) is 8.25. The van der Waals surface area contributed by atoms with Gasteiger partial charge in [0, 0.05) is 18.4 Å². The second kappa shape index (κ2) is 7.90. The third-order valence-electron chi connectivity index (χ3n) is 4.73. The Morgan fingerprint density at radius 2 is 2.11 bits per heavy atom. The van der Waals surface area contributed by atoms with Gasteiger partial charge in [-0.05, 0) is 50.3 Å². The monoisotopic (exact) mass is 285 g/mol. The molecule has 1 aliphatic carbocycles. The lowest BCUT2D eigenvalue weighted by molar-refractivity contribution is -0.0966. The maximum Gasteiger partial charge on any atom is 0.0685 e. The summed E-state index contributed by atoms with van der Waals surface area (Å²) in [6.45, 7) is 6.60. The van der Waals surface area contributed by atoms with Crippen LogP contribution in [0, 0.1) is 5.92 Å². The van der Waals surface area contributed by atoms with Crippen LogP contribution in [-0.2, 0) is 4.74 Å². The van der Waals surface area contributed by atoms with Gasteiger partial charge in [-0.1, -0.05) is 26.7 Å². The van der Waals surface area contributed by atoms with Crippen LogP contribution in [0.15, 0.2) is 0 Å². The first-order chi connectivity index (χ1) is 9.29. The summed E-state index contributed by atoms with van der Waals surface area (Å²) in [5, 5.41) is 3.74. The summed E-state index contributed by atoms with van der Waals surface area (Å²) >= 11 is 2.12. The standard InChI is InChI=1S/C16H31NOS/c1-3-11-19-13-15(17-4-2)14-7-10-18-16(12-14)8-5-6-9-16/h14-15,17H,3-13H2,1-2H3. The minimum Gasteiger partial charge on any atom is -0.375 e. The average molecular weight is 285 g/mol. The number of rotatable bonds is 7. The van der Waals surface area contributed by atoms with Crippen LogP contribution in [0.1, 0.15) is 58.8 Å². The second-order valence-corrected chi connectivity index (χ2v) is 7.38.